The zero-order valence-corrected chi connectivity index (χ0v) is 11.5. The maximum atomic E-state index is 12.1. The van der Waals surface area contributed by atoms with Crippen LogP contribution < -0.4 is 5.32 Å². The second kappa shape index (κ2) is 5.40. The average molecular weight is 269 g/mol. The molecule has 1 heterocycles. The Labute approximate surface area is 111 Å². The molecule has 7 heteroatoms. The molecule has 0 aliphatic heterocycles. The van der Waals surface area contributed by atoms with Crippen molar-refractivity contribution in [3.05, 3.63) is 28.1 Å². The minimum absolute atomic E-state index is 0.0771. The maximum Gasteiger partial charge on any atom is 0.287 e. The second-order valence-electron chi connectivity index (χ2n) is 5.34. The van der Waals surface area contributed by atoms with E-state index in [1.807, 2.05) is 13.8 Å². The van der Waals surface area contributed by atoms with Crippen molar-refractivity contribution < 1.29 is 14.8 Å². The first-order valence-electron chi connectivity index (χ1n) is 5.97. The summed E-state index contributed by atoms with van der Waals surface area (Å²) < 4.78 is 1.54. The van der Waals surface area contributed by atoms with Crippen LogP contribution in [0.15, 0.2) is 12.3 Å². The number of carbonyl (C=O) groups is 1. The SMILES string of the molecule is CC(C)n1cc([N+](=O)[O-])cc1C(=O)NC(C)(C)CO. The topological polar surface area (TPSA) is 97.4 Å². The molecule has 1 amide bonds. The van der Waals surface area contributed by atoms with Gasteiger partial charge in [-0.3, -0.25) is 14.9 Å². The first-order chi connectivity index (χ1) is 8.68. The summed E-state index contributed by atoms with van der Waals surface area (Å²) in [7, 11) is 0. The molecule has 0 aliphatic rings. The highest BCUT2D eigenvalue weighted by Gasteiger charge is 2.25. The van der Waals surface area contributed by atoms with Crippen LogP contribution in [0.5, 0.6) is 0 Å². The number of nitro groups is 1. The van der Waals surface area contributed by atoms with Gasteiger partial charge in [-0.05, 0) is 27.7 Å². The van der Waals surface area contributed by atoms with Crippen LogP contribution in [0.3, 0.4) is 0 Å². The van der Waals surface area contributed by atoms with Crippen LogP contribution in [0.25, 0.3) is 0 Å². The molecule has 0 unspecified atom stereocenters. The predicted octanol–water partition coefficient (Wildman–Crippen LogP) is 1.48. The Kier molecular flexibility index (Phi) is 4.31. The fourth-order valence-corrected chi connectivity index (χ4v) is 1.58. The highest BCUT2D eigenvalue weighted by Crippen LogP contribution is 2.21. The summed E-state index contributed by atoms with van der Waals surface area (Å²) in [4.78, 5) is 22.4. The number of hydrogen-bond donors (Lipinski definition) is 2. The Morgan fingerprint density at radius 2 is 2.16 bits per heavy atom. The highest BCUT2D eigenvalue weighted by molar-refractivity contribution is 5.94. The lowest BCUT2D eigenvalue weighted by molar-refractivity contribution is -0.384. The van der Waals surface area contributed by atoms with Crippen LogP contribution >= 0.6 is 0 Å². The van der Waals surface area contributed by atoms with Gasteiger partial charge in [0.15, 0.2) is 0 Å². The highest BCUT2D eigenvalue weighted by atomic mass is 16.6. The Morgan fingerprint density at radius 3 is 2.58 bits per heavy atom. The largest absolute Gasteiger partial charge is 0.394 e. The number of carbonyl (C=O) groups excluding carboxylic acids is 1. The van der Waals surface area contributed by atoms with Gasteiger partial charge in [0.2, 0.25) is 0 Å². The van der Waals surface area contributed by atoms with Crippen molar-refractivity contribution in [1.29, 1.82) is 0 Å². The number of rotatable bonds is 5. The molecule has 0 aromatic carbocycles. The van der Waals surface area contributed by atoms with Crippen molar-refractivity contribution in [1.82, 2.24) is 9.88 Å². The van der Waals surface area contributed by atoms with Crippen molar-refractivity contribution in [2.24, 2.45) is 0 Å². The monoisotopic (exact) mass is 269 g/mol. The number of aromatic nitrogens is 1. The smallest absolute Gasteiger partial charge is 0.287 e. The molecule has 106 valence electrons. The van der Waals surface area contributed by atoms with E-state index >= 15 is 0 Å². The molecule has 0 spiro atoms. The summed E-state index contributed by atoms with van der Waals surface area (Å²) in [5.41, 5.74) is -0.693. The summed E-state index contributed by atoms with van der Waals surface area (Å²) in [5.74, 6) is -0.444. The second-order valence-corrected chi connectivity index (χ2v) is 5.34. The lowest BCUT2D eigenvalue weighted by atomic mass is 10.1. The van der Waals surface area contributed by atoms with Crippen LogP contribution in [0.4, 0.5) is 5.69 Å². The van der Waals surface area contributed by atoms with Gasteiger partial charge in [-0.15, -0.1) is 0 Å². The Balaban J connectivity index is 3.11. The molecule has 0 aliphatic carbocycles. The Bertz CT molecular complexity index is 491. The number of hydrogen-bond acceptors (Lipinski definition) is 4. The molecule has 1 rings (SSSR count). The predicted molar refractivity (Wildman–Crippen MR) is 70.1 cm³/mol. The van der Waals surface area contributed by atoms with E-state index in [9.17, 15) is 14.9 Å². The van der Waals surface area contributed by atoms with E-state index in [0.29, 0.717) is 0 Å². The zero-order valence-electron chi connectivity index (χ0n) is 11.5. The number of nitrogens with zero attached hydrogens (tertiary/aromatic N) is 2. The Morgan fingerprint density at radius 1 is 1.58 bits per heavy atom. The zero-order chi connectivity index (χ0) is 14.8. The third-order valence-corrected chi connectivity index (χ3v) is 2.68. The quantitative estimate of drug-likeness (QED) is 0.625. The first kappa shape index (κ1) is 15.2. The van der Waals surface area contributed by atoms with Gasteiger partial charge in [0.05, 0.1) is 23.3 Å². The van der Waals surface area contributed by atoms with E-state index in [1.54, 1.807) is 18.4 Å². The van der Waals surface area contributed by atoms with Gasteiger partial charge in [-0.2, -0.15) is 0 Å². The van der Waals surface area contributed by atoms with Gasteiger partial charge in [0, 0.05) is 12.1 Å². The fourth-order valence-electron chi connectivity index (χ4n) is 1.58. The van der Waals surface area contributed by atoms with Crippen LogP contribution in [0.1, 0.15) is 44.2 Å². The average Bonchev–Trinajstić information content (AvgIpc) is 2.73. The third-order valence-electron chi connectivity index (χ3n) is 2.68. The molecule has 1 aromatic heterocycles. The van der Waals surface area contributed by atoms with Crippen LogP contribution in [0, 0.1) is 10.1 Å². The standard InChI is InChI=1S/C12H19N3O4/c1-8(2)14-6-9(15(18)19)5-10(14)11(17)13-12(3,4)7-16/h5-6,8,16H,7H2,1-4H3,(H,13,17). The van der Waals surface area contributed by atoms with Gasteiger partial charge >= 0.3 is 0 Å². The van der Waals surface area contributed by atoms with Crippen molar-refractivity contribution in [3.8, 4) is 0 Å². The summed E-state index contributed by atoms with van der Waals surface area (Å²) in [6.45, 7) is 6.78. The van der Waals surface area contributed by atoms with Crippen LogP contribution in [0.2, 0.25) is 0 Å². The molecule has 0 saturated carbocycles. The molecular formula is C12H19N3O4. The van der Waals surface area contributed by atoms with Gasteiger partial charge < -0.3 is 15.0 Å². The Hall–Kier alpha value is -1.89. The lowest BCUT2D eigenvalue weighted by Crippen LogP contribution is -2.46. The van der Waals surface area contributed by atoms with Crippen LogP contribution in [-0.2, 0) is 0 Å². The lowest BCUT2D eigenvalue weighted by Gasteiger charge is -2.24. The maximum absolute atomic E-state index is 12.1. The summed E-state index contributed by atoms with van der Waals surface area (Å²) in [5, 5.41) is 22.5. The molecule has 0 radical (unpaired) electrons. The van der Waals surface area contributed by atoms with E-state index in [0.717, 1.165) is 0 Å². The first-order valence-corrected chi connectivity index (χ1v) is 5.97. The molecule has 2 N–H and O–H groups in total. The van der Waals surface area contributed by atoms with Crippen molar-refractivity contribution in [2.45, 2.75) is 39.3 Å². The van der Waals surface area contributed by atoms with E-state index < -0.39 is 16.4 Å². The molecular weight excluding hydrogens is 250 g/mol. The fraction of sp³-hybridized carbons (Fsp3) is 0.583. The number of nitrogens with one attached hydrogen (secondary N) is 1. The minimum atomic E-state index is -0.780. The van der Waals surface area contributed by atoms with Crippen molar-refractivity contribution in [3.63, 3.8) is 0 Å². The van der Waals surface area contributed by atoms with Gasteiger partial charge in [-0.1, -0.05) is 0 Å². The molecule has 0 atom stereocenters. The van der Waals surface area contributed by atoms with Gasteiger partial charge in [0.1, 0.15) is 5.69 Å². The van der Waals surface area contributed by atoms with Crippen LogP contribution in [-0.4, -0.2) is 32.6 Å². The number of amides is 1. The minimum Gasteiger partial charge on any atom is -0.394 e. The van der Waals surface area contributed by atoms with Gasteiger partial charge in [-0.25, -0.2) is 0 Å². The number of aliphatic hydroxyl groups is 1. The molecule has 7 nitrogen and oxygen atoms in total. The number of aliphatic hydroxyl groups excluding tert-OH is 1. The molecule has 1 aromatic rings. The van der Waals surface area contributed by atoms with Crippen molar-refractivity contribution >= 4 is 11.6 Å². The third kappa shape index (κ3) is 3.54. The molecule has 0 saturated heterocycles. The van der Waals surface area contributed by atoms with E-state index in [2.05, 4.69) is 5.32 Å². The normalized spacial score (nSPS) is 11.7. The molecule has 19 heavy (non-hydrogen) atoms. The van der Waals surface area contributed by atoms with E-state index in [1.165, 1.54) is 12.3 Å². The summed E-state index contributed by atoms with van der Waals surface area (Å²) >= 11 is 0. The van der Waals surface area contributed by atoms with E-state index in [-0.39, 0.29) is 24.0 Å². The van der Waals surface area contributed by atoms with Crippen molar-refractivity contribution in [2.75, 3.05) is 6.61 Å². The molecule has 0 bridgehead atoms. The molecule has 0 fully saturated rings. The van der Waals surface area contributed by atoms with E-state index in [4.69, 9.17) is 5.11 Å². The summed E-state index contributed by atoms with van der Waals surface area (Å²) in [6.07, 6.45) is 1.34. The van der Waals surface area contributed by atoms with Gasteiger partial charge in [0.25, 0.3) is 11.6 Å². The summed E-state index contributed by atoms with van der Waals surface area (Å²) in [6, 6.07) is 1.16.